The third kappa shape index (κ3) is 3.68. The third-order valence-corrected chi connectivity index (χ3v) is 5.09. The van der Waals surface area contributed by atoms with Gasteiger partial charge in [0.2, 0.25) is 5.91 Å². The molecule has 0 aliphatic heterocycles. The Hall–Kier alpha value is -2.28. The van der Waals surface area contributed by atoms with E-state index in [0.717, 1.165) is 34.1 Å². The number of carboxylic acid groups (broad SMARTS) is 1. The number of primary amides is 1. The quantitative estimate of drug-likeness (QED) is 0.513. The Balaban J connectivity index is 0.00000225. The minimum absolute atomic E-state index is 0. The van der Waals surface area contributed by atoms with Crippen LogP contribution in [0.5, 0.6) is 5.75 Å². The number of hydrogen-bond acceptors (Lipinski definition) is 4. The number of carbonyl (C=O) groups is 2. The fraction of sp³-hybridized carbons (Fsp3) is 0.238. The van der Waals surface area contributed by atoms with Gasteiger partial charge in [0.05, 0.1) is 17.4 Å². The van der Waals surface area contributed by atoms with Crippen LogP contribution in [0, 0.1) is 0 Å². The van der Waals surface area contributed by atoms with Gasteiger partial charge >= 0.3 is 29.6 Å². The summed E-state index contributed by atoms with van der Waals surface area (Å²) in [6.45, 7) is 0.112. The maximum absolute atomic E-state index is 12.0. The topological polar surface area (TPSA) is 97.4 Å². The maximum Gasteiger partial charge on any atom is 1.00 e. The third-order valence-electron chi connectivity index (χ3n) is 5.09. The van der Waals surface area contributed by atoms with E-state index in [4.69, 9.17) is 10.5 Å². The maximum atomic E-state index is 12.0. The Morgan fingerprint density at radius 1 is 1.14 bits per heavy atom. The zero-order valence-electron chi connectivity index (χ0n) is 15.7. The van der Waals surface area contributed by atoms with Crippen LogP contribution in [0.2, 0.25) is 0 Å². The zero-order chi connectivity index (χ0) is 19.0. The summed E-state index contributed by atoms with van der Waals surface area (Å²) in [5.74, 6) is -1.62. The van der Waals surface area contributed by atoms with E-state index in [1.807, 2.05) is 30.3 Å². The van der Waals surface area contributed by atoms with E-state index in [9.17, 15) is 14.7 Å². The molecule has 1 atom stereocenters. The first-order valence-electron chi connectivity index (χ1n) is 8.86. The largest absolute Gasteiger partial charge is 1.00 e. The Morgan fingerprint density at radius 3 is 2.57 bits per heavy atom. The Bertz CT molecular complexity index is 1030. The molecule has 0 saturated carbocycles. The first-order chi connectivity index (χ1) is 13.1. The number of fused-ring (bicyclic) bond motifs is 3. The standard InChI is InChI=1S/C21H20N2O4.Na/c22-21(26)14-9-10-16-19(14)20-15(7-4-8-17(20)27-12-18(24)25)23(16)11-13-5-2-1-3-6-13;/h1-8,14H,9-12H2,(H2,22,26)(H,24,25);/q;+1/p-1. The normalized spacial score (nSPS) is 15.1. The van der Waals surface area contributed by atoms with Crippen LogP contribution in [-0.2, 0) is 22.6 Å². The van der Waals surface area contributed by atoms with Crippen molar-refractivity contribution in [1.82, 2.24) is 4.57 Å². The molecule has 4 rings (SSSR count). The van der Waals surface area contributed by atoms with E-state index >= 15 is 0 Å². The fourth-order valence-corrected chi connectivity index (χ4v) is 4.01. The summed E-state index contributed by atoms with van der Waals surface area (Å²) < 4.78 is 7.65. The Labute approximate surface area is 184 Å². The number of hydrogen-bond donors (Lipinski definition) is 1. The second-order valence-corrected chi connectivity index (χ2v) is 6.74. The zero-order valence-corrected chi connectivity index (χ0v) is 17.7. The minimum atomic E-state index is -1.29. The van der Waals surface area contributed by atoms with Crippen molar-refractivity contribution in [3.8, 4) is 5.75 Å². The first kappa shape index (κ1) is 20.5. The fourth-order valence-electron chi connectivity index (χ4n) is 4.01. The summed E-state index contributed by atoms with van der Waals surface area (Å²) >= 11 is 0. The van der Waals surface area contributed by atoms with Gasteiger partial charge in [-0.15, -0.1) is 0 Å². The smallest absolute Gasteiger partial charge is 0.546 e. The summed E-state index contributed by atoms with van der Waals surface area (Å²) in [5, 5.41) is 11.6. The molecule has 2 aromatic carbocycles. The molecule has 0 radical (unpaired) electrons. The van der Waals surface area contributed by atoms with Gasteiger partial charge in [-0.2, -0.15) is 0 Å². The predicted molar refractivity (Wildman–Crippen MR) is 98.2 cm³/mol. The van der Waals surface area contributed by atoms with Gasteiger partial charge in [0, 0.05) is 17.6 Å². The van der Waals surface area contributed by atoms with Crippen LogP contribution >= 0.6 is 0 Å². The Kier molecular flexibility index (Phi) is 6.13. The van der Waals surface area contributed by atoms with E-state index in [-0.39, 0.29) is 35.5 Å². The second kappa shape index (κ2) is 8.39. The summed E-state index contributed by atoms with van der Waals surface area (Å²) in [7, 11) is 0. The number of amides is 1. The van der Waals surface area contributed by atoms with Crippen molar-refractivity contribution in [1.29, 1.82) is 0 Å². The molecule has 2 N–H and O–H groups in total. The van der Waals surface area contributed by atoms with Crippen molar-refractivity contribution >= 4 is 22.8 Å². The molecule has 6 nitrogen and oxygen atoms in total. The molecule has 1 unspecified atom stereocenters. The molecular weight excluding hydrogens is 367 g/mol. The molecule has 0 fully saturated rings. The molecule has 1 aliphatic carbocycles. The molecule has 1 amide bonds. The van der Waals surface area contributed by atoms with Gasteiger partial charge in [-0.1, -0.05) is 36.4 Å². The molecular formula is C21H19N2NaO4. The van der Waals surface area contributed by atoms with Crippen LogP contribution in [0.25, 0.3) is 10.9 Å². The van der Waals surface area contributed by atoms with E-state index in [0.29, 0.717) is 18.7 Å². The summed E-state index contributed by atoms with van der Waals surface area (Å²) in [5.41, 5.74) is 9.61. The van der Waals surface area contributed by atoms with Gasteiger partial charge in [-0.3, -0.25) is 4.79 Å². The number of benzene rings is 2. The van der Waals surface area contributed by atoms with E-state index in [2.05, 4.69) is 16.7 Å². The average Bonchev–Trinajstić information content (AvgIpc) is 3.21. The van der Waals surface area contributed by atoms with Crippen LogP contribution in [-0.4, -0.2) is 23.1 Å². The van der Waals surface area contributed by atoms with E-state index in [1.54, 1.807) is 6.07 Å². The molecule has 1 aliphatic rings. The van der Waals surface area contributed by atoms with Crippen molar-refractivity contribution in [3.63, 3.8) is 0 Å². The SMILES string of the molecule is NC(=O)C1CCc2c1c1c(OCC(=O)[O-])cccc1n2Cc1ccccc1.[Na+]. The monoisotopic (exact) mass is 386 g/mol. The van der Waals surface area contributed by atoms with Crippen LogP contribution < -0.4 is 45.1 Å². The number of rotatable bonds is 6. The molecule has 138 valence electrons. The van der Waals surface area contributed by atoms with Gasteiger partial charge in [0.1, 0.15) is 12.4 Å². The predicted octanol–water partition coefficient (Wildman–Crippen LogP) is -1.66. The molecule has 1 heterocycles. The summed E-state index contributed by atoms with van der Waals surface area (Å²) in [6.07, 6.45) is 1.39. The van der Waals surface area contributed by atoms with Crippen LogP contribution in [0.15, 0.2) is 48.5 Å². The molecule has 3 aromatic rings. The molecule has 1 aromatic heterocycles. The number of ether oxygens (including phenoxy) is 1. The van der Waals surface area contributed by atoms with Crippen LogP contribution in [0.3, 0.4) is 0 Å². The summed E-state index contributed by atoms with van der Waals surface area (Å²) in [4.78, 5) is 22.9. The van der Waals surface area contributed by atoms with Gasteiger partial charge in [-0.25, -0.2) is 0 Å². The van der Waals surface area contributed by atoms with Crippen LogP contribution in [0.1, 0.15) is 29.2 Å². The Morgan fingerprint density at radius 2 is 1.89 bits per heavy atom. The minimum Gasteiger partial charge on any atom is -0.546 e. The average molecular weight is 386 g/mol. The molecule has 7 heteroatoms. The van der Waals surface area contributed by atoms with Gasteiger partial charge < -0.3 is 24.9 Å². The number of carbonyl (C=O) groups excluding carboxylic acids is 2. The number of aromatic nitrogens is 1. The van der Waals surface area contributed by atoms with Crippen molar-refractivity contribution in [2.75, 3.05) is 6.61 Å². The number of carboxylic acids is 1. The molecule has 28 heavy (non-hydrogen) atoms. The van der Waals surface area contributed by atoms with Crippen molar-refractivity contribution < 1.29 is 49.0 Å². The summed E-state index contributed by atoms with van der Waals surface area (Å²) in [6, 6.07) is 15.5. The van der Waals surface area contributed by atoms with E-state index in [1.165, 1.54) is 0 Å². The molecule has 0 spiro atoms. The molecule has 0 saturated heterocycles. The number of aliphatic carboxylic acids is 1. The molecule has 0 bridgehead atoms. The van der Waals surface area contributed by atoms with E-state index < -0.39 is 18.5 Å². The number of nitrogens with zero attached hydrogens (tertiary/aromatic N) is 1. The number of nitrogens with two attached hydrogens (primary N) is 1. The second-order valence-electron chi connectivity index (χ2n) is 6.74. The van der Waals surface area contributed by atoms with Crippen LogP contribution in [0.4, 0.5) is 0 Å². The van der Waals surface area contributed by atoms with Gasteiger partial charge in [-0.05, 0) is 36.1 Å². The first-order valence-corrected chi connectivity index (χ1v) is 8.86. The van der Waals surface area contributed by atoms with Crippen molar-refractivity contribution in [3.05, 3.63) is 65.4 Å². The van der Waals surface area contributed by atoms with Gasteiger partial charge in [0.25, 0.3) is 0 Å². The van der Waals surface area contributed by atoms with Crippen molar-refractivity contribution in [2.24, 2.45) is 5.73 Å². The van der Waals surface area contributed by atoms with Crippen molar-refractivity contribution in [2.45, 2.75) is 25.3 Å². The van der Waals surface area contributed by atoms with Gasteiger partial charge in [0.15, 0.2) is 0 Å².